The number of carbonyl (C=O) groups is 1. The molecule has 0 fully saturated rings. The highest BCUT2D eigenvalue weighted by atomic mass is 79.9. The molecule has 0 unspecified atom stereocenters. The molecule has 19 heavy (non-hydrogen) atoms. The van der Waals surface area contributed by atoms with Crippen LogP contribution < -0.4 is 11.1 Å². The van der Waals surface area contributed by atoms with Crippen molar-refractivity contribution in [1.82, 2.24) is 15.1 Å². The predicted octanol–water partition coefficient (Wildman–Crippen LogP) is 1.97. The van der Waals surface area contributed by atoms with Crippen LogP contribution in [0.15, 0.2) is 35.1 Å². The van der Waals surface area contributed by atoms with Gasteiger partial charge in [-0.15, -0.1) is 0 Å². The van der Waals surface area contributed by atoms with E-state index < -0.39 is 0 Å². The lowest BCUT2D eigenvalue weighted by atomic mass is 10.1. The molecule has 2 rings (SSSR count). The molecule has 1 heterocycles. The molecule has 2 aromatic rings. The van der Waals surface area contributed by atoms with Gasteiger partial charge in [-0.05, 0) is 30.7 Å². The van der Waals surface area contributed by atoms with E-state index in [1.807, 2.05) is 19.1 Å². The molecule has 0 aliphatic carbocycles. The van der Waals surface area contributed by atoms with E-state index in [2.05, 4.69) is 26.3 Å². The average Bonchev–Trinajstić information content (AvgIpc) is 2.73. The standard InChI is InChI=1S/C13H15BrN4O/c1-9-4-10(6-11(14)5-9)13(19)16-2-3-18-8-12(15)7-17-18/h4-8H,2-3,15H2,1H3,(H,16,19). The highest BCUT2D eigenvalue weighted by molar-refractivity contribution is 9.10. The van der Waals surface area contributed by atoms with Crippen LogP contribution in [-0.2, 0) is 6.54 Å². The third-order valence-electron chi connectivity index (χ3n) is 2.58. The van der Waals surface area contributed by atoms with Crippen molar-refractivity contribution >= 4 is 27.5 Å². The van der Waals surface area contributed by atoms with Gasteiger partial charge in [0, 0.05) is 22.8 Å². The second-order valence-electron chi connectivity index (χ2n) is 4.31. The van der Waals surface area contributed by atoms with Gasteiger partial charge in [0.25, 0.3) is 5.91 Å². The predicted molar refractivity (Wildman–Crippen MR) is 77.9 cm³/mol. The summed E-state index contributed by atoms with van der Waals surface area (Å²) in [4.78, 5) is 12.0. The molecule has 0 saturated heterocycles. The Balaban J connectivity index is 1.90. The normalized spacial score (nSPS) is 10.4. The molecular formula is C13H15BrN4O. The van der Waals surface area contributed by atoms with Crippen LogP contribution in [0.3, 0.4) is 0 Å². The summed E-state index contributed by atoms with van der Waals surface area (Å²) in [6.45, 7) is 3.05. The summed E-state index contributed by atoms with van der Waals surface area (Å²) in [5.74, 6) is -0.0930. The second-order valence-corrected chi connectivity index (χ2v) is 5.23. The molecule has 0 radical (unpaired) electrons. The van der Waals surface area contributed by atoms with Crippen molar-refractivity contribution < 1.29 is 4.79 Å². The lowest BCUT2D eigenvalue weighted by Gasteiger charge is -2.07. The molecule has 1 amide bonds. The number of nitrogens with one attached hydrogen (secondary N) is 1. The summed E-state index contributed by atoms with van der Waals surface area (Å²) in [6, 6.07) is 5.61. The number of amides is 1. The summed E-state index contributed by atoms with van der Waals surface area (Å²) in [5, 5.41) is 6.90. The summed E-state index contributed by atoms with van der Waals surface area (Å²) in [5.41, 5.74) is 7.86. The van der Waals surface area contributed by atoms with Gasteiger partial charge in [0.2, 0.25) is 0 Å². The van der Waals surface area contributed by atoms with Crippen LogP contribution in [0.1, 0.15) is 15.9 Å². The van der Waals surface area contributed by atoms with Crippen molar-refractivity contribution in [2.75, 3.05) is 12.3 Å². The van der Waals surface area contributed by atoms with Crippen LogP contribution in [0.25, 0.3) is 0 Å². The molecule has 5 nitrogen and oxygen atoms in total. The third-order valence-corrected chi connectivity index (χ3v) is 3.04. The summed E-state index contributed by atoms with van der Waals surface area (Å²) >= 11 is 3.38. The van der Waals surface area contributed by atoms with Crippen LogP contribution in [-0.4, -0.2) is 22.2 Å². The zero-order chi connectivity index (χ0) is 13.8. The van der Waals surface area contributed by atoms with Crippen molar-refractivity contribution in [1.29, 1.82) is 0 Å². The maximum Gasteiger partial charge on any atom is 0.251 e. The number of halogens is 1. The van der Waals surface area contributed by atoms with Crippen molar-refractivity contribution in [3.63, 3.8) is 0 Å². The highest BCUT2D eigenvalue weighted by Gasteiger charge is 2.06. The van der Waals surface area contributed by atoms with Gasteiger partial charge >= 0.3 is 0 Å². The number of carbonyl (C=O) groups excluding carboxylic acids is 1. The number of hydrogen-bond donors (Lipinski definition) is 2. The van der Waals surface area contributed by atoms with E-state index in [9.17, 15) is 4.79 Å². The molecule has 1 aromatic carbocycles. The van der Waals surface area contributed by atoms with Crippen LogP contribution in [0.4, 0.5) is 5.69 Å². The first-order valence-electron chi connectivity index (χ1n) is 5.88. The van der Waals surface area contributed by atoms with Gasteiger partial charge in [-0.25, -0.2) is 0 Å². The average molecular weight is 323 g/mol. The van der Waals surface area contributed by atoms with Gasteiger partial charge < -0.3 is 11.1 Å². The number of nitrogen functional groups attached to an aromatic ring is 1. The van der Waals surface area contributed by atoms with Crippen LogP contribution in [0.2, 0.25) is 0 Å². The highest BCUT2D eigenvalue weighted by Crippen LogP contribution is 2.15. The van der Waals surface area contributed by atoms with Gasteiger partial charge in [0.05, 0.1) is 18.4 Å². The van der Waals surface area contributed by atoms with Gasteiger partial charge in [0.1, 0.15) is 0 Å². The van der Waals surface area contributed by atoms with E-state index in [-0.39, 0.29) is 5.91 Å². The van der Waals surface area contributed by atoms with Crippen molar-refractivity contribution in [2.24, 2.45) is 0 Å². The fourth-order valence-electron chi connectivity index (χ4n) is 1.76. The molecule has 0 aliphatic heterocycles. The summed E-state index contributed by atoms with van der Waals surface area (Å²) in [7, 11) is 0. The minimum atomic E-state index is -0.0930. The van der Waals surface area contributed by atoms with Gasteiger partial charge in [-0.3, -0.25) is 9.48 Å². The molecule has 0 atom stereocenters. The van der Waals surface area contributed by atoms with E-state index in [0.29, 0.717) is 24.3 Å². The zero-order valence-electron chi connectivity index (χ0n) is 10.6. The quantitative estimate of drug-likeness (QED) is 0.903. The maximum atomic E-state index is 12.0. The van der Waals surface area contributed by atoms with Crippen molar-refractivity contribution in [3.05, 3.63) is 46.2 Å². The zero-order valence-corrected chi connectivity index (χ0v) is 12.1. The Kier molecular flexibility index (Phi) is 4.21. The Morgan fingerprint density at radius 3 is 2.89 bits per heavy atom. The Labute approximate surface area is 119 Å². The van der Waals surface area contributed by atoms with E-state index in [1.165, 1.54) is 0 Å². The Morgan fingerprint density at radius 1 is 1.47 bits per heavy atom. The van der Waals surface area contributed by atoms with Crippen LogP contribution in [0, 0.1) is 6.92 Å². The summed E-state index contributed by atoms with van der Waals surface area (Å²) < 4.78 is 2.60. The Bertz CT molecular complexity index is 574. The molecule has 3 N–H and O–H groups in total. The number of aryl methyl sites for hydroxylation is 1. The van der Waals surface area contributed by atoms with Gasteiger partial charge in [0.15, 0.2) is 0 Å². The van der Waals surface area contributed by atoms with E-state index >= 15 is 0 Å². The molecule has 1 aromatic heterocycles. The first-order valence-corrected chi connectivity index (χ1v) is 6.67. The molecular weight excluding hydrogens is 308 g/mol. The smallest absolute Gasteiger partial charge is 0.251 e. The SMILES string of the molecule is Cc1cc(Br)cc(C(=O)NCCn2cc(N)cn2)c1. The van der Waals surface area contributed by atoms with Crippen LogP contribution >= 0.6 is 15.9 Å². The molecule has 0 saturated carbocycles. The fraction of sp³-hybridized carbons (Fsp3) is 0.231. The van der Waals surface area contributed by atoms with E-state index in [0.717, 1.165) is 10.0 Å². The van der Waals surface area contributed by atoms with Crippen LogP contribution in [0.5, 0.6) is 0 Å². The van der Waals surface area contributed by atoms with E-state index in [1.54, 1.807) is 23.1 Å². The minimum absolute atomic E-state index is 0.0930. The topological polar surface area (TPSA) is 72.9 Å². The lowest BCUT2D eigenvalue weighted by Crippen LogP contribution is -2.27. The monoisotopic (exact) mass is 322 g/mol. The maximum absolute atomic E-state index is 12.0. The van der Waals surface area contributed by atoms with E-state index in [4.69, 9.17) is 5.73 Å². The second kappa shape index (κ2) is 5.88. The molecule has 100 valence electrons. The first kappa shape index (κ1) is 13.6. The minimum Gasteiger partial charge on any atom is -0.396 e. The van der Waals surface area contributed by atoms with Gasteiger partial charge in [-0.2, -0.15) is 5.10 Å². The Morgan fingerprint density at radius 2 is 2.26 bits per heavy atom. The Hall–Kier alpha value is -1.82. The van der Waals surface area contributed by atoms with Crippen molar-refractivity contribution in [2.45, 2.75) is 13.5 Å². The largest absolute Gasteiger partial charge is 0.396 e. The molecule has 6 heteroatoms. The number of nitrogens with two attached hydrogens (primary N) is 1. The first-order chi connectivity index (χ1) is 9.04. The number of nitrogens with zero attached hydrogens (tertiary/aromatic N) is 2. The molecule has 0 aliphatic rings. The number of rotatable bonds is 4. The third kappa shape index (κ3) is 3.82. The number of hydrogen-bond acceptors (Lipinski definition) is 3. The fourth-order valence-corrected chi connectivity index (χ4v) is 2.36. The lowest BCUT2D eigenvalue weighted by molar-refractivity contribution is 0.0952. The number of anilines is 1. The number of aromatic nitrogens is 2. The number of benzene rings is 1. The van der Waals surface area contributed by atoms with Gasteiger partial charge in [-0.1, -0.05) is 15.9 Å². The van der Waals surface area contributed by atoms with Crippen molar-refractivity contribution in [3.8, 4) is 0 Å². The molecule has 0 spiro atoms. The summed E-state index contributed by atoms with van der Waals surface area (Å²) in [6.07, 6.45) is 3.31. The molecule has 0 bridgehead atoms.